The molecule has 26 heavy (non-hydrogen) atoms. The van der Waals surface area contributed by atoms with Crippen LogP contribution in [0.3, 0.4) is 0 Å². The second-order valence-electron chi connectivity index (χ2n) is 7.96. The van der Waals surface area contributed by atoms with Crippen LogP contribution in [-0.4, -0.2) is 28.1 Å². The maximum Gasteiger partial charge on any atom is 0.180 e. The topological polar surface area (TPSA) is 59.6 Å². The van der Waals surface area contributed by atoms with Crippen LogP contribution in [0.5, 0.6) is 0 Å². The quantitative estimate of drug-likeness (QED) is 0.438. The Morgan fingerprint density at radius 1 is 1.27 bits per heavy atom. The average Bonchev–Trinajstić information content (AvgIpc) is 2.89. The van der Waals surface area contributed by atoms with Crippen molar-refractivity contribution in [1.82, 2.24) is 9.78 Å². The fourth-order valence-electron chi connectivity index (χ4n) is 2.88. The molecule has 5 heteroatoms. The lowest BCUT2D eigenvalue weighted by Gasteiger charge is -2.19. The van der Waals surface area contributed by atoms with Crippen molar-refractivity contribution in [3.63, 3.8) is 0 Å². The van der Waals surface area contributed by atoms with Gasteiger partial charge in [-0.3, -0.25) is 9.48 Å². The number of rotatable bonds is 4. The van der Waals surface area contributed by atoms with E-state index in [9.17, 15) is 4.79 Å². The minimum Gasteiger partial charge on any atom is -0.293 e. The number of Topliss-reactive ketones (excluding diaryl/α,β-unsaturated/α-hetero) is 1. The van der Waals surface area contributed by atoms with Gasteiger partial charge in [-0.15, -0.1) is 0 Å². The van der Waals surface area contributed by atoms with Gasteiger partial charge in [-0.1, -0.05) is 20.8 Å². The Balaban J connectivity index is 2.68. The highest BCUT2D eigenvalue weighted by Crippen LogP contribution is 2.30. The van der Waals surface area contributed by atoms with Gasteiger partial charge in [0.15, 0.2) is 5.78 Å². The summed E-state index contributed by atoms with van der Waals surface area (Å²) in [7, 11) is 0. The normalized spacial score (nSPS) is 13.3. The van der Waals surface area contributed by atoms with Gasteiger partial charge in [0.05, 0.1) is 5.52 Å². The van der Waals surface area contributed by atoms with Crippen molar-refractivity contribution in [2.24, 2.45) is 15.4 Å². The summed E-state index contributed by atoms with van der Waals surface area (Å²) in [6, 6.07) is 4.15. The van der Waals surface area contributed by atoms with Crippen molar-refractivity contribution in [2.75, 3.05) is 0 Å². The number of benzene rings is 1. The summed E-state index contributed by atoms with van der Waals surface area (Å²) < 4.78 is 1.97. The predicted octanol–water partition coefficient (Wildman–Crippen LogP) is 5.07. The molecule has 0 aliphatic heterocycles. The molecule has 0 saturated heterocycles. The van der Waals surface area contributed by atoms with E-state index in [0.29, 0.717) is 11.5 Å². The van der Waals surface area contributed by atoms with Gasteiger partial charge < -0.3 is 0 Å². The fraction of sp³-hybridized carbons (Fsp3) is 0.429. The molecule has 0 bridgehead atoms. The van der Waals surface area contributed by atoms with Gasteiger partial charge in [-0.25, -0.2) is 9.98 Å². The Morgan fingerprint density at radius 2 is 1.92 bits per heavy atom. The molecule has 0 spiro atoms. The molecule has 1 aromatic heterocycles. The predicted molar refractivity (Wildman–Crippen MR) is 110 cm³/mol. The zero-order chi connectivity index (χ0) is 19.6. The Kier molecular flexibility index (Phi) is 5.59. The summed E-state index contributed by atoms with van der Waals surface area (Å²) in [5.74, 6) is 0.593. The third-order valence-corrected chi connectivity index (χ3v) is 4.12. The number of carbonyl (C=O) groups excluding carboxylic acids is 1. The van der Waals surface area contributed by atoms with E-state index in [2.05, 4.69) is 55.6 Å². The SMILES string of the molecule is C=NC(C)=N/C=C(\C)c1cc(C)c2c(c1)c(C(C)=O)nn2CC(C)(C)C. The summed E-state index contributed by atoms with van der Waals surface area (Å²) in [5, 5.41) is 5.52. The molecule has 138 valence electrons. The summed E-state index contributed by atoms with van der Waals surface area (Å²) in [5.41, 5.74) is 4.72. The van der Waals surface area contributed by atoms with Crippen LogP contribution in [0.15, 0.2) is 28.3 Å². The zero-order valence-electron chi connectivity index (χ0n) is 16.8. The molecule has 0 saturated carbocycles. The highest BCUT2D eigenvalue weighted by Gasteiger charge is 2.20. The first-order chi connectivity index (χ1) is 12.0. The molecule has 0 N–H and O–H groups in total. The molecule has 0 aliphatic rings. The smallest absolute Gasteiger partial charge is 0.180 e. The van der Waals surface area contributed by atoms with Crippen molar-refractivity contribution in [3.05, 3.63) is 35.2 Å². The number of hydrogen-bond donors (Lipinski definition) is 0. The standard InChI is InChI=1S/C21H28N4O/c1-13-9-17(14(2)11-23-16(4)22-8)10-18-19(15(3)26)24-25(20(13)18)12-21(5,6)7/h9-11H,8,12H2,1-7H3/b14-11+,23-16?. The number of nitrogens with zero attached hydrogens (tertiary/aromatic N) is 4. The Morgan fingerprint density at radius 3 is 2.46 bits per heavy atom. The molecule has 1 aromatic carbocycles. The van der Waals surface area contributed by atoms with E-state index in [0.717, 1.165) is 34.1 Å². The Bertz CT molecular complexity index is 924. The van der Waals surface area contributed by atoms with E-state index in [1.54, 1.807) is 20.0 Å². The molecule has 0 fully saturated rings. The number of fused-ring (bicyclic) bond motifs is 1. The largest absolute Gasteiger partial charge is 0.293 e. The molecule has 5 nitrogen and oxygen atoms in total. The van der Waals surface area contributed by atoms with E-state index in [1.165, 1.54) is 0 Å². The van der Waals surface area contributed by atoms with Crippen molar-refractivity contribution in [2.45, 2.75) is 55.0 Å². The maximum absolute atomic E-state index is 12.2. The van der Waals surface area contributed by atoms with E-state index in [4.69, 9.17) is 0 Å². The molecular weight excluding hydrogens is 324 g/mol. The highest BCUT2D eigenvalue weighted by atomic mass is 16.1. The molecule has 0 atom stereocenters. The molecule has 0 aliphatic carbocycles. The number of carbonyl (C=O) groups is 1. The van der Waals surface area contributed by atoms with Gasteiger partial charge in [-0.2, -0.15) is 5.10 Å². The van der Waals surface area contributed by atoms with E-state index in [-0.39, 0.29) is 11.2 Å². The number of aryl methyl sites for hydroxylation is 1. The lowest BCUT2D eigenvalue weighted by molar-refractivity contribution is 0.101. The molecule has 0 radical (unpaired) electrons. The maximum atomic E-state index is 12.2. The average molecular weight is 352 g/mol. The van der Waals surface area contributed by atoms with Crippen LogP contribution in [0.1, 0.15) is 63.2 Å². The van der Waals surface area contributed by atoms with Crippen LogP contribution in [0.2, 0.25) is 0 Å². The fourth-order valence-corrected chi connectivity index (χ4v) is 2.88. The summed E-state index contributed by atoms with van der Waals surface area (Å²) in [6.45, 7) is 18.1. The third kappa shape index (κ3) is 4.34. The monoisotopic (exact) mass is 352 g/mol. The highest BCUT2D eigenvalue weighted by molar-refractivity contribution is 6.06. The lowest BCUT2D eigenvalue weighted by Crippen LogP contribution is -2.17. The van der Waals surface area contributed by atoms with E-state index < -0.39 is 0 Å². The number of aromatic nitrogens is 2. The Hall–Kier alpha value is -2.56. The number of hydrogen-bond acceptors (Lipinski definition) is 3. The molecule has 2 rings (SSSR count). The lowest BCUT2D eigenvalue weighted by atomic mass is 9.96. The van der Waals surface area contributed by atoms with Gasteiger partial charge in [0, 0.05) is 25.1 Å². The summed E-state index contributed by atoms with van der Waals surface area (Å²) in [4.78, 5) is 20.2. The van der Waals surface area contributed by atoms with Gasteiger partial charge in [-0.05, 0) is 61.7 Å². The number of amidine groups is 1. The first-order valence-electron chi connectivity index (χ1n) is 8.74. The molecule has 2 aromatic rings. The summed E-state index contributed by atoms with van der Waals surface area (Å²) >= 11 is 0. The number of allylic oxidation sites excluding steroid dienone is 1. The second kappa shape index (κ2) is 7.36. The zero-order valence-corrected chi connectivity index (χ0v) is 16.8. The molecule has 0 amide bonds. The van der Waals surface area contributed by atoms with E-state index in [1.807, 2.05) is 17.7 Å². The van der Waals surface area contributed by atoms with Crippen LogP contribution in [-0.2, 0) is 6.54 Å². The number of aliphatic imine (C=N–C) groups is 2. The second-order valence-corrected chi connectivity index (χ2v) is 7.96. The van der Waals surface area contributed by atoms with Gasteiger partial charge in [0.2, 0.25) is 0 Å². The third-order valence-electron chi connectivity index (χ3n) is 4.12. The van der Waals surface area contributed by atoms with Crippen LogP contribution < -0.4 is 0 Å². The van der Waals surface area contributed by atoms with Gasteiger partial charge >= 0.3 is 0 Å². The van der Waals surface area contributed by atoms with Crippen molar-refractivity contribution in [1.29, 1.82) is 0 Å². The summed E-state index contributed by atoms with van der Waals surface area (Å²) in [6.07, 6.45) is 1.78. The first kappa shape index (κ1) is 19.8. The minimum atomic E-state index is -0.0226. The van der Waals surface area contributed by atoms with Gasteiger partial charge in [0.1, 0.15) is 11.5 Å². The van der Waals surface area contributed by atoms with Gasteiger partial charge in [0.25, 0.3) is 0 Å². The van der Waals surface area contributed by atoms with Crippen molar-refractivity contribution >= 4 is 34.8 Å². The van der Waals surface area contributed by atoms with Crippen molar-refractivity contribution in [3.8, 4) is 0 Å². The van der Waals surface area contributed by atoms with Crippen LogP contribution in [0.25, 0.3) is 16.5 Å². The van der Waals surface area contributed by atoms with Crippen LogP contribution in [0.4, 0.5) is 0 Å². The minimum absolute atomic E-state index is 0.0226. The van der Waals surface area contributed by atoms with Crippen LogP contribution in [0, 0.1) is 12.3 Å². The molecular formula is C21H28N4O. The Labute approximate surface area is 155 Å². The molecule has 1 heterocycles. The van der Waals surface area contributed by atoms with E-state index >= 15 is 0 Å². The molecule has 0 unspecified atom stereocenters. The first-order valence-corrected chi connectivity index (χ1v) is 8.74. The van der Waals surface area contributed by atoms with Crippen LogP contribution >= 0.6 is 0 Å². The number of ketones is 1. The van der Waals surface area contributed by atoms with Crippen molar-refractivity contribution < 1.29 is 4.79 Å².